The molecule has 0 atom stereocenters. The van der Waals surface area contributed by atoms with Crippen molar-refractivity contribution in [3.63, 3.8) is 0 Å². The minimum Gasteiger partial charge on any atom is -0.309 e. The van der Waals surface area contributed by atoms with E-state index < -0.39 is 4.92 Å². The minimum atomic E-state index is -0.506. The molecule has 0 radical (unpaired) electrons. The summed E-state index contributed by atoms with van der Waals surface area (Å²) in [5.41, 5.74) is -0.309. The van der Waals surface area contributed by atoms with Crippen LogP contribution in [0.15, 0.2) is 52.3 Å². The van der Waals surface area contributed by atoms with Gasteiger partial charge < -0.3 is 4.57 Å². The lowest BCUT2D eigenvalue weighted by atomic mass is 10.4. The van der Waals surface area contributed by atoms with Crippen LogP contribution in [0.4, 0.5) is 5.69 Å². The fourth-order valence-corrected chi connectivity index (χ4v) is 2.95. The van der Waals surface area contributed by atoms with Crippen LogP contribution < -0.4 is 5.56 Å². The molecule has 21 heavy (non-hydrogen) atoms. The summed E-state index contributed by atoms with van der Waals surface area (Å²) in [5, 5.41) is 11.4. The Kier molecular flexibility index (Phi) is 5.41. The van der Waals surface area contributed by atoms with Gasteiger partial charge in [-0.3, -0.25) is 14.9 Å². The van der Waals surface area contributed by atoms with E-state index in [-0.39, 0.29) is 11.2 Å². The summed E-state index contributed by atoms with van der Waals surface area (Å²) >= 11 is 7.65. The van der Waals surface area contributed by atoms with Gasteiger partial charge in [0.05, 0.1) is 16.1 Å². The van der Waals surface area contributed by atoms with Gasteiger partial charge in [-0.1, -0.05) is 23.7 Å². The number of nitrogens with zero attached hydrogens (tertiary/aromatic N) is 2. The van der Waals surface area contributed by atoms with Crippen LogP contribution in [0.1, 0.15) is 6.42 Å². The molecule has 0 saturated heterocycles. The summed E-state index contributed by atoms with van der Waals surface area (Å²) in [6.45, 7) is 0.442. The second-order valence-electron chi connectivity index (χ2n) is 4.31. The van der Waals surface area contributed by atoms with Gasteiger partial charge in [0.25, 0.3) is 11.2 Å². The lowest BCUT2D eigenvalue weighted by molar-refractivity contribution is -0.385. The number of rotatable bonds is 6. The third kappa shape index (κ3) is 4.34. The molecule has 0 aliphatic rings. The third-order valence-corrected chi connectivity index (χ3v) is 4.42. The number of nitro groups is 1. The average Bonchev–Trinajstić information content (AvgIpc) is 2.46. The van der Waals surface area contributed by atoms with Gasteiger partial charge in [-0.2, -0.15) is 0 Å². The number of benzene rings is 1. The molecule has 0 fully saturated rings. The maximum atomic E-state index is 11.6. The fourth-order valence-electron chi connectivity index (χ4n) is 1.78. The van der Waals surface area contributed by atoms with Crippen molar-refractivity contribution in [3.8, 4) is 0 Å². The second-order valence-corrected chi connectivity index (χ2v) is 5.85. The first kappa shape index (κ1) is 15.6. The molecule has 0 unspecified atom stereocenters. The zero-order chi connectivity index (χ0) is 15.2. The standard InChI is InChI=1S/C14H13ClN2O3S/c15-12-4-1-2-5-13(12)21-9-3-8-16-10-11(17(19)20)6-7-14(16)18/h1-2,4-7,10H,3,8-9H2. The number of aromatic nitrogens is 1. The summed E-state index contributed by atoms with van der Waals surface area (Å²) < 4.78 is 1.37. The molecule has 1 aromatic carbocycles. The highest BCUT2D eigenvalue weighted by Crippen LogP contribution is 2.26. The molecule has 0 N–H and O–H groups in total. The van der Waals surface area contributed by atoms with E-state index in [2.05, 4.69) is 0 Å². The van der Waals surface area contributed by atoms with E-state index in [9.17, 15) is 14.9 Å². The van der Waals surface area contributed by atoms with Crippen molar-refractivity contribution in [2.24, 2.45) is 0 Å². The monoisotopic (exact) mass is 324 g/mol. The molecular formula is C14H13ClN2O3S. The van der Waals surface area contributed by atoms with Crippen LogP contribution in [-0.2, 0) is 6.54 Å². The summed E-state index contributed by atoms with van der Waals surface area (Å²) in [4.78, 5) is 22.8. The van der Waals surface area contributed by atoms with E-state index in [4.69, 9.17) is 11.6 Å². The summed E-state index contributed by atoms with van der Waals surface area (Å²) in [5.74, 6) is 0.777. The predicted octanol–water partition coefficient (Wildman–Crippen LogP) is 3.59. The fraction of sp³-hybridized carbons (Fsp3) is 0.214. The van der Waals surface area contributed by atoms with Crippen molar-refractivity contribution in [1.29, 1.82) is 0 Å². The van der Waals surface area contributed by atoms with Crippen LogP contribution in [0.3, 0.4) is 0 Å². The molecule has 0 bridgehead atoms. The van der Waals surface area contributed by atoms with Gasteiger partial charge in [-0.15, -0.1) is 11.8 Å². The van der Waals surface area contributed by atoms with Gasteiger partial charge in [0.2, 0.25) is 0 Å². The average molecular weight is 325 g/mol. The van der Waals surface area contributed by atoms with Gasteiger partial charge in [-0.05, 0) is 24.3 Å². The number of aryl methyl sites for hydroxylation is 1. The number of thioether (sulfide) groups is 1. The molecule has 0 aliphatic heterocycles. The quantitative estimate of drug-likeness (QED) is 0.352. The van der Waals surface area contributed by atoms with Gasteiger partial charge in [0.15, 0.2) is 0 Å². The highest BCUT2D eigenvalue weighted by Gasteiger charge is 2.07. The van der Waals surface area contributed by atoms with Crippen molar-refractivity contribution in [1.82, 2.24) is 4.57 Å². The maximum absolute atomic E-state index is 11.6. The van der Waals surface area contributed by atoms with Crippen LogP contribution in [0.5, 0.6) is 0 Å². The largest absolute Gasteiger partial charge is 0.309 e. The van der Waals surface area contributed by atoms with Crippen LogP contribution >= 0.6 is 23.4 Å². The lowest BCUT2D eigenvalue weighted by Gasteiger charge is -2.06. The van der Waals surface area contributed by atoms with Crippen LogP contribution in [0.2, 0.25) is 5.02 Å². The first-order chi connectivity index (χ1) is 10.1. The molecule has 110 valence electrons. The van der Waals surface area contributed by atoms with E-state index in [1.54, 1.807) is 11.8 Å². The summed E-state index contributed by atoms with van der Waals surface area (Å²) in [7, 11) is 0. The third-order valence-electron chi connectivity index (χ3n) is 2.82. The van der Waals surface area contributed by atoms with Gasteiger partial charge >= 0.3 is 0 Å². The Hall–Kier alpha value is -1.79. The summed E-state index contributed by atoms with van der Waals surface area (Å²) in [6, 6.07) is 9.99. The number of pyridine rings is 1. The van der Waals surface area contributed by atoms with Crippen LogP contribution in [0, 0.1) is 10.1 Å². The van der Waals surface area contributed by atoms with E-state index in [1.807, 2.05) is 24.3 Å². The zero-order valence-corrected chi connectivity index (χ0v) is 12.6. The van der Waals surface area contributed by atoms with Gasteiger partial charge in [-0.25, -0.2) is 0 Å². The first-order valence-electron chi connectivity index (χ1n) is 6.30. The van der Waals surface area contributed by atoms with Crippen molar-refractivity contribution in [2.75, 3.05) is 5.75 Å². The van der Waals surface area contributed by atoms with Crippen molar-refractivity contribution >= 4 is 29.1 Å². The smallest absolute Gasteiger partial charge is 0.285 e. The predicted molar refractivity (Wildman–Crippen MR) is 84.1 cm³/mol. The molecule has 7 heteroatoms. The molecule has 0 spiro atoms. The van der Waals surface area contributed by atoms with Gasteiger partial charge in [0.1, 0.15) is 0 Å². The highest BCUT2D eigenvalue weighted by atomic mass is 35.5. The Morgan fingerprint density at radius 2 is 2.00 bits per heavy atom. The second kappa shape index (κ2) is 7.28. The normalized spacial score (nSPS) is 10.5. The Morgan fingerprint density at radius 1 is 1.24 bits per heavy atom. The van der Waals surface area contributed by atoms with E-state index in [1.165, 1.54) is 22.9 Å². The van der Waals surface area contributed by atoms with Crippen molar-refractivity contribution < 1.29 is 4.92 Å². The molecule has 2 rings (SSSR count). The molecule has 0 aliphatic carbocycles. The first-order valence-corrected chi connectivity index (χ1v) is 7.66. The molecule has 0 saturated carbocycles. The lowest BCUT2D eigenvalue weighted by Crippen LogP contribution is -2.19. The van der Waals surface area contributed by atoms with Crippen LogP contribution in [-0.4, -0.2) is 15.2 Å². The topological polar surface area (TPSA) is 65.1 Å². The van der Waals surface area contributed by atoms with Crippen molar-refractivity contribution in [3.05, 3.63) is 68.1 Å². The molecule has 0 amide bonds. The van der Waals surface area contributed by atoms with E-state index in [0.29, 0.717) is 11.6 Å². The molecular weight excluding hydrogens is 312 g/mol. The Balaban J connectivity index is 1.92. The number of hydrogen-bond donors (Lipinski definition) is 0. The number of hydrogen-bond acceptors (Lipinski definition) is 4. The Morgan fingerprint density at radius 3 is 2.71 bits per heavy atom. The van der Waals surface area contributed by atoms with E-state index in [0.717, 1.165) is 17.1 Å². The Labute approximate surface area is 130 Å². The molecule has 1 heterocycles. The minimum absolute atomic E-state index is 0.0756. The molecule has 5 nitrogen and oxygen atoms in total. The summed E-state index contributed by atoms with van der Waals surface area (Å²) in [6.07, 6.45) is 2.00. The van der Waals surface area contributed by atoms with E-state index >= 15 is 0 Å². The van der Waals surface area contributed by atoms with Crippen LogP contribution in [0.25, 0.3) is 0 Å². The zero-order valence-electron chi connectivity index (χ0n) is 11.1. The Bertz CT molecular complexity index is 703. The highest BCUT2D eigenvalue weighted by molar-refractivity contribution is 7.99. The van der Waals surface area contributed by atoms with Crippen molar-refractivity contribution in [2.45, 2.75) is 17.9 Å². The van der Waals surface area contributed by atoms with Gasteiger partial charge in [0, 0.05) is 23.6 Å². The SMILES string of the molecule is O=c1ccc([N+](=O)[O-])cn1CCCSc1ccccc1Cl. The molecule has 2 aromatic rings. The maximum Gasteiger partial charge on any atom is 0.285 e. The molecule has 1 aromatic heterocycles. The number of halogens is 1.